The van der Waals surface area contributed by atoms with Gasteiger partial charge in [-0.05, 0) is 46.0 Å². The fraction of sp³-hybridized carbons (Fsp3) is 0.448. The molecule has 2 aromatic carbocycles. The van der Waals surface area contributed by atoms with Crippen molar-refractivity contribution in [2.75, 3.05) is 0 Å². The number of aromatic nitrogens is 6. The minimum absolute atomic E-state index is 0. The van der Waals surface area contributed by atoms with Crippen molar-refractivity contribution in [2.24, 2.45) is 0 Å². The van der Waals surface area contributed by atoms with E-state index in [1.807, 2.05) is 42.5 Å². The van der Waals surface area contributed by atoms with E-state index in [4.69, 9.17) is 10.2 Å². The molecule has 0 fully saturated rings. The first-order valence-electron chi connectivity index (χ1n) is 13.3. The van der Waals surface area contributed by atoms with Crippen LogP contribution in [0.2, 0.25) is 0 Å². The average Bonchev–Trinajstić information content (AvgIpc) is 3.54. The summed E-state index contributed by atoms with van der Waals surface area (Å²) < 4.78 is 4.47. The monoisotopic (exact) mass is 887 g/mol. The van der Waals surface area contributed by atoms with Gasteiger partial charge in [0.1, 0.15) is 11.6 Å². The van der Waals surface area contributed by atoms with Crippen molar-refractivity contribution < 1.29 is 50.4 Å². The molecule has 0 saturated heterocycles. The Hall–Kier alpha value is -2.06. The van der Waals surface area contributed by atoms with Gasteiger partial charge in [-0.25, -0.2) is 0 Å². The maximum Gasteiger partial charge on any atom is 0.163 e. The van der Waals surface area contributed by atoms with Crippen molar-refractivity contribution in [1.82, 2.24) is 29.5 Å². The Morgan fingerprint density at radius 3 is 1.77 bits per heavy atom. The molecule has 6 rings (SSSR count). The summed E-state index contributed by atoms with van der Waals surface area (Å²) in [6.07, 6.45) is 6.79. The second kappa shape index (κ2) is 16.9. The fourth-order valence-electron chi connectivity index (χ4n) is 4.64. The second-order valence-corrected chi connectivity index (χ2v) is 9.67. The predicted molar refractivity (Wildman–Crippen MR) is 144 cm³/mol. The van der Waals surface area contributed by atoms with Crippen molar-refractivity contribution in [1.29, 1.82) is 0 Å². The van der Waals surface area contributed by atoms with Gasteiger partial charge in [-0.2, -0.15) is 5.10 Å². The van der Waals surface area contributed by atoms with Crippen molar-refractivity contribution in [3.8, 4) is 22.8 Å². The normalized spacial score (nSPS) is 14.9. The summed E-state index contributed by atoms with van der Waals surface area (Å²) in [6, 6.07) is 21.4. The molecule has 10 heteroatoms. The molecule has 4 aromatic rings. The molecular weight excluding hydrogens is 849 g/mol. The Morgan fingerprint density at radius 1 is 0.718 bits per heavy atom. The van der Waals surface area contributed by atoms with Crippen LogP contribution in [-0.4, -0.2) is 51.9 Å². The Kier molecular flexibility index (Phi) is 14.4. The predicted octanol–water partition coefficient (Wildman–Crippen LogP) is 4.50. The zero-order chi connectivity index (χ0) is 26.0. The van der Waals surface area contributed by atoms with Crippen LogP contribution in [0.4, 0.5) is 0 Å². The molecule has 214 valence electrons. The summed E-state index contributed by atoms with van der Waals surface area (Å²) in [5, 5.41) is 34.1. The van der Waals surface area contributed by atoms with Crippen LogP contribution >= 0.6 is 0 Å². The molecule has 2 radical (unpaired) electrons. The van der Waals surface area contributed by atoms with E-state index < -0.39 is 0 Å². The Labute approximate surface area is 258 Å². The van der Waals surface area contributed by atoms with Crippen LogP contribution in [0.15, 0.2) is 54.6 Å². The van der Waals surface area contributed by atoms with Crippen molar-refractivity contribution in [3.63, 3.8) is 0 Å². The average molecular weight is 886 g/mol. The molecule has 0 saturated carbocycles. The van der Waals surface area contributed by atoms with Gasteiger partial charge >= 0.3 is 0 Å². The summed E-state index contributed by atoms with van der Waals surface area (Å²) in [5.41, 5.74) is 2.20. The number of hydrogen-bond donors (Lipinski definition) is 2. The molecule has 39 heavy (non-hydrogen) atoms. The van der Waals surface area contributed by atoms with Crippen LogP contribution in [0.3, 0.4) is 0 Å². The van der Waals surface area contributed by atoms with Crippen LogP contribution in [0.5, 0.6) is 0 Å². The van der Waals surface area contributed by atoms with Gasteiger partial charge in [0.05, 0.1) is 18.0 Å². The molecular formula is C29H37Ir2N6O2-. The van der Waals surface area contributed by atoms with Crippen LogP contribution in [0, 0.1) is 6.07 Å². The number of aliphatic hydroxyl groups is 2. The SMILES string of the molecule is CC(O)CC(C)O.[Ir].[Ir].[c-]1ccccc1-c1nnc2n1CCCC2.c1ccc(-c2nnc3n2CCCC3)cc1. The largest absolute Gasteiger partial charge is 0.393 e. The first kappa shape index (κ1) is 33.1. The zero-order valence-corrected chi connectivity index (χ0v) is 27.2. The minimum Gasteiger partial charge on any atom is -0.393 e. The van der Waals surface area contributed by atoms with Gasteiger partial charge in [0.2, 0.25) is 0 Å². The Bertz CT molecular complexity index is 1130. The number of benzene rings is 2. The summed E-state index contributed by atoms with van der Waals surface area (Å²) in [6.45, 7) is 5.42. The van der Waals surface area contributed by atoms with Crippen LogP contribution in [-0.2, 0) is 66.1 Å². The molecule has 2 aromatic heterocycles. The maximum absolute atomic E-state index is 8.56. The number of fused-ring (bicyclic) bond motifs is 2. The fourth-order valence-corrected chi connectivity index (χ4v) is 4.64. The summed E-state index contributed by atoms with van der Waals surface area (Å²) >= 11 is 0. The number of hydrogen-bond acceptors (Lipinski definition) is 6. The first-order chi connectivity index (χ1) is 18.0. The van der Waals surface area contributed by atoms with Crippen LogP contribution in [0.1, 0.15) is 57.6 Å². The molecule has 2 aliphatic rings. The third kappa shape index (κ3) is 9.52. The third-order valence-electron chi connectivity index (χ3n) is 6.38. The van der Waals surface area contributed by atoms with E-state index in [2.05, 4.69) is 47.7 Å². The maximum atomic E-state index is 8.56. The van der Waals surface area contributed by atoms with Gasteiger partial charge in [0.25, 0.3) is 0 Å². The molecule has 4 heterocycles. The van der Waals surface area contributed by atoms with Crippen molar-refractivity contribution >= 4 is 0 Å². The van der Waals surface area contributed by atoms with E-state index in [-0.39, 0.29) is 52.4 Å². The molecule has 0 bridgehead atoms. The molecule has 2 atom stereocenters. The summed E-state index contributed by atoms with van der Waals surface area (Å²) in [5.74, 6) is 4.24. The van der Waals surface area contributed by atoms with Gasteiger partial charge in [-0.15, -0.1) is 51.2 Å². The molecule has 0 amide bonds. The quantitative estimate of drug-likeness (QED) is 0.293. The molecule has 0 aliphatic carbocycles. The number of nitrogens with zero attached hydrogens (tertiary/aromatic N) is 6. The molecule has 8 nitrogen and oxygen atoms in total. The minimum atomic E-state index is -0.375. The third-order valence-corrected chi connectivity index (χ3v) is 6.38. The smallest absolute Gasteiger partial charge is 0.163 e. The Morgan fingerprint density at radius 2 is 1.26 bits per heavy atom. The van der Waals surface area contributed by atoms with Gasteiger partial charge in [0, 0.05) is 71.7 Å². The van der Waals surface area contributed by atoms with Crippen LogP contribution < -0.4 is 0 Å². The van der Waals surface area contributed by atoms with Gasteiger partial charge in [0.15, 0.2) is 5.82 Å². The van der Waals surface area contributed by atoms with Gasteiger partial charge in [-0.3, -0.25) is 0 Å². The van der Waals surface area contributed by atoms with E-state index in [0.29, 0.717) is 6.42 Å². The number of rotatable bonds is 4. The standard InChI is InChI=1S/C12H13N3.C12H12N3.C5H12O2.2Ir/c2*1-2-6-10(7-3-1)12-14-13-11-8-4-5-9-15(11)12;1-4(6)3-5(2)7;;/h1-3,6-7H,4-5,8-9H2;1-3,6H,4-5,8-9H2;4-7H,3H2,1-2H3;;/q;-1;;;. The van der Waals surface area contributed by atoms with Crippen molar-refractivity contribution in [2.45, 2.75) is 84.1 Å². The summed E-state index contributed by atoms with van der Waals surface area (Å²) in [7, 11) is 0. The van der Waals surface area contributed by atoms with Crippen LogP contribution in [0.25, 0.3) is 22.8 Å². The van der Waals surface area contributed by atoms with Gasteiger partial charge in [-0.1, -0.05) is 30.3 Å². The van der Waals surface area contributed by atoms with Crippen molar-refractivity contribution in [3.05, 3.63) is 72.3 Å². The van der Waals surface area contributed by atoms with Gasteiger partial charge < -0.3 is 19.3 Å². The molecule has 2 N–H and O–H groups in total. The molecule has 0 spiro atoms. The first-order valence-corrected chi connectivity index (χ1v) is 13.3. The van der Waals surface area contributed by atoms with E-state index in [1.165, 1.54) is 25.7 Å². The van der Waals surface area contributed by atoms with E-state index in [1.54, 1.807) is 13.8 Å². The summed E-state index contributed by atoms with van der Waals surface area (Å²) in [4.78, 5) is 0. The van der Waals surface area contributed by atoms with E-state index in [9.17, 15) is 0 Å². The topological polar surface area (TPSA) is 102 Å². The second-order valence-electron chi connectivity index (χ2n) is 9.67. The zero-order valence-electron chi connectivity index (χ0n) is 22.5. The van der Waals surface area contributed by atoms with E-state index >= 15 is 0 Å². The number of aryl methyl sites for hydroxylation is 2. The van der Waals surface area contributed by atoms with E-state index in [0.717, 1.165) is 60.4 Å². The molecule has 2 unspecified atom stereocenters. The molecule has 2 aliphatic heterocycles. The Balaban J connectivity index is 0.000000214. The number of aliphatic hydroxyl groups excluding tert-OH is 2.